The molecule has 1 aromatic heterocycles. The summed E-state index contributed by atoms with van der Waals surface area (Å²) in [5, 5.41) is 2.84. The first-order valence-electron chi connectivity index (χ1n) is 5.96. The van der Waals surface area contributed by atoms with Crippen molar-refractivity contribution in [3.63, 3.8) is 0 Å². The predicted octanol–water partition coefficient (Wildman–Crippen LogP) is 2.61. The van der Waals surface area contributed by atoms with Gasteiger partial charge < -0.3 is 11.1 Å². The molecule has 2 rings (SSSR count). The van der Waals surface area contributed by atoms with Crippen molar-refractivity contribution in [3.8, 4) is 0 Å². The van der Waals surface area contributed by atoms with Crippen LogP contribution in [0.2, 0.25) is 0 Å². The van der Waals surface area contributed by atoms with Crippen LogP contribution in [0.4, 0.5) is 5.69 Å². The Hall–Kier alpha value is -1.46. The third-order valence-electron chi connectivity index (χ3n) is 2.66. The molecule has 1 atom stereocenters. The lowest BCUT2D eigenvalue weighted by Crippen LogP contribution is -2.36. The summed E-state index contributed by atoms with van der Waals surface area (Å²) in [6, 6.07) is 5.21. The Balaban J connectivity index is 2.06. The fraction of sp³-hybridized carbons (Fsp3) is 0.385. The summed E-state index contributed by atoms with van der Waals surface area (Å²) in [4.78, 5) is 16.1. The minimum Gasteiger partial charge on any atom is -0.325 e. The topological polar surface area (TPSA) is 68.0 Å². The molecule has 2 aromatic rings. The largest absolute Gasteiger partial charge is 0.325 e. The van der Waals surface area contributed by atoms with Crippen LogP contribution in [0.3, 0.4) is 0 Å². The summed E-state index contributed by atoms with van der Waals surface area (Å²) in [5.41, 5.74) is 9.35. The number of nitrogens with one attached hydrogen (secondary N) is 1. The minimum atomic E-state index is -0.456. The average molecular weight is 263 g/mol. The van der Waals surface area contributed by atoms with E-state index in [0.29, 0.717) is 12.3 Å². The molecule has 1 aromatic carbocycles. The van der Waals surface area contributed by atoms with Crippen LogP contribution < -0.4 is 11.1 Å². The maximum absolute atomic E-state index is 11.9. The number of aromatic nitrogens is 1. The summed E-state index contributed by atoms with van der Waals surface area (Å²) in [6.07, 6.45) is 0.689. The van der Waals surface area contributed by atoms with E-state index in [1.165, 1.54) is 0 Å². The number of rotatable bonds is 4. The highest BCUT2D eigenvalue weighted by Crippen LogP contribution is 2.22. The third-order valence-corrected chi connectivity index (χ3v) is 3.45. The highest BCUT2D eigenvalue weighted by Gasteiger charge is 2.15. The number of hydrogen-bond donors (Lipinski definition) is 2. The fourth-order valence-corrected chi connectivity index (χ4v) is 2.50. The second kappa shape index (κ2) is 5.46. The average Bonchev–Trinajstić information content (AvgIpc) is 2.75. The van der Waals surface area contributed by atoms with Crippen LogP contribution in [-0.4, -0.2) is 16.9 Å². The van der Waals surface area contributed by atoms with Crippen molar-refractivity contribution in [2.75, 3.05) is 5.32 Å². The standard InChI is InChI=1S/C13H17N3OS/c1-8(2)5-10(14)13(17)16-9-3-4-11-12(6-9)18-7-15-11/h3-4,6-8,10H,5,14H2,1-2H3,(H,16,17). The van der Waals surface area contributed by atoms with Gasteiger partial charge in [-0.3, -0.25) is 4.79 Å². The van der Waals surface area contributed by atoms with Gasteiger partial charge in [-0.15, -0.1) is 11.3 Å². The van der Waals surface area contributed by atoms with Gasteiger partial charge in [-0.1, -0.05) is 13.8 Å². The van der Waals surface area contributed by atoms with Crippen molar-refractivity contribution in [1.82, 2.24) is 4.98 Å². The van der Waals surface area contributed by atoms with Gasteiger partial charge in [-0.25, -0.2) is 4.98 Å². The van der Waals surface area contributed by atoms with Gasteiger partial charge >= 0.3 is 0 Å². The molecule has 0 saturated heterocycles. The van der Waals surface area contributed by atoms with Gasteiger partial charge in [0.1, 0.15) is 0 Å². The van der Waals surface area contributed by atoms with E-state index in [-0.39, 0.29) is 5.91 Å². The van der Waals surface area contributed by atoms with Gasteiger partial charge in [0.2, 0.25) is 5.91 Å². The first kappa shape index (κ1) is 13.0. The second-order valence-corrected chi connectivity index (χ2v) is 5.65. The number of anilines is 1. The van der Waals surface area contributed by atoms with E-state index in [1.807, 2.05) is 18.2 Å². The van der Waals surface area contributed by atoms with Crippen LogP contribution in [-0.2, 0) is 4.79 Å². The summed E-state index contributed by atoms with van der Waals surface area (Å²) in [7, 11) is 0. The van der Waals surface area contributed by atoms with Crippen LogP contribution in [0.15, 0.2) is 23.7 Å². The van der Waals surface area contributed by atoms with Crippen molar-refractivity contribution >= 4 is 33.1 Å². The summed E-state index contributed by atoms with van der Waals surface area (Å²) >= 11 is 1.55. The molecule has 0 aliphatic rings. The Kier molecular flexibility index (Phi) is 3.93. The molecule has 3 N–H and O–H groups in total. The Labute approximate surface area is 110 Å². The number of carbonyl (C=O) groups is 1. The first-order valence-corrected chi connectivity index (χ1v) is 6.84. The van der Waals surface area contributed by atoms with Gasteiger partial charge in [0, 0.05) is 5.69 Å². The van der Waals surface area contributed by atoms with Crippen LogP contribution in [0, 0.1) is 5.92 Å². The Morgan fingerprint density at radius 1 is 1.50 bits per heavy atom. The Morgan fingerprint density at radius 3 is 3.00 bits per heavy atom. The molecule has 18 heavy (non-hydrogen) atoms. The molecule has 0 aliphatic carbocycles. The highest BCUT2D eigenvalue weighted by molar-refractivity contribution is 7.16. The van der Waals surface area contributed by atoms with Crippen LogP contribution in [0.25, 0.3) is 10.2 Å². The molecule has 0 radical (unpaired) electrons. The van der Waals surface area contributed by atoms with Gasteiger partial charge in [-0.05, 0) is 30.5 Å². The maximum atomic E-state index is 11.9. The lowest BCUT2D eigenvalue weighted by Gasteiger charge is -2.14. The number of nitrogens with two attached hydrogens (primary N) is 1. The smallest absolute Gasteiger partial charge is 0.241 e. The second-order valence-electron chi connectivity index (χ2n) is 4.76. The van der Waals surface area contributed by atoms with Gasteiger partial charge in [0.25, 0.3) is 0 Å². The molecule has 5 heteroatoms. The molecule has 0 saturated carbocycles. The van der Waals surface area contributed by atoms with Gasteiger partial charge in [-0.2, -0.15) is 0 Å². The number of fused-ring (bicyclic) bond motifs is 1. The lowest BCUT2D eigenvalue weighted by atomic mass is 10.0. The van der Waals surface area contributed by atoms with E-state index in [2.05, 4.69) is 24.1 Å². The summed E-state index contributed by atoms with van der Waals surface area (Å²) in [6.45, 7) is 4.10. The molecule has 1 amide bonds. The molecule has 1 heterocycles. The number of thiazole rings is 1. The van der Waals surface area contributed by atoms with E-state index in [4.69, 9.17) is 5.73 Å². The fourth-order valence-electron chi connectivity index (χ4n) is 1.78. The molecular weight excluding hydrogens is 246 g/mol. The molecule has 0 fully saturated rings. The SMILES string of the molecule is CC(C)CC(N)C(=O)Nc1ccc2ncsc2c1. The Morgan fingerprint density at radius 2 is 2.28 bits per heavy atom. The van der Waals surface area contributed by atoms with E-state index in [0.717, 1.165) is 15.9 Å². The predicted molar refractivity (Wildman–Crippen MR) is 75.7 cm³/mol. The number of carbonyl (C=O) groups excluding carboxylic acids is 1. The normalized spacial score (nSPS) is 12.9. The molecule has 1 unspecified atom stereocenters. The number of nitrogens with zero attached hydrogens (tertiary/aromatic N) is 1. The van der Waals surface area contributed by atoms with Crippen molar-refractivity contribution < 1.29 is 4.79 Å². The van der Waals surface area contributed by atoms with Crippen LogP contribution in [0.1, 0.15) is 20.3 Å². The van der Waals surface area contributed by atoms with Crippen molar-refractivity contribution in [2.45, 2.75) is 26.3 Å². The van der Waals surface area contributed by atoms with Crippen molar-refractivity contribution in [1.29, 1.82) is 0 Å². The van der Waals surface area contributed by atoms with E-state index < -0.39 is 6.04 Å². The summed E-state index contributed by atoms with van der Waals surface area (Å²) < 4.78 is 1.06. The highest BCUT2D eigenvalue weighted by atomic mass is 32.1. The van der Waals surface area contributed by atoms with Crippen molar-refractivity contribution in [2.24, 2.45) is 11.7 Å². The van der Waals surface area contributed by atoms with Crippen LogP contribution >= 0.6 is 11.3 Å². The van der Waals surface area contributed by atoms with E-state index in [9.17, 15) is 4.79 Å². The van der Waals surface area contributed by atoms with Gasteiger partial charge in [0.05, 0.1) is 21.8 Å². The summed E-state index contributed by atoms with van der Waals surface area (Å²) in [5.74, 6) is 0.280. The van der Waals surface area contributed by atoms with Crippen molar-refractivity contribution in [3.05, 3.63) is 23.7 Å². The molecule has 0 spiro atoms. The first-order chi connectivity index (χ1) is 8.56. The zero-order chi connectivity index (χ0) is 13.1. The Bertz CT molecular complexity index is 550. The quantitative estimate of drug-likeness (QED) is 0.891. The molecule has 0 bridgehead atoms. The van der Waals surface area contributed by atoms with Gasteiger partial charge in [0.15, 0.2) is 0 Å². The minimum absolute atomic E-state index is 0.132. The molecule has 4 nitrogen and oxygen atoms in total. The number of benzene rings is 1. The molecule has 96 valence electrons. The van der Waals surface area contributed by atoms with E-state index >= 15 is 0 Å². The maximum Gasteiger partial charge on any atom is 0.241 e. The molecular formula is C13H17N3OS. The number of hydrogen-bond acceptors (Lipinski definition) is 4. The third kappa shape index (κ3) is 3.05. The molecule has 0 aliphatic heterocycles. The zero-order valence-electron chi connectivity index (χ0n) is 10.5. The van der Waals surface area contributed by atoms with E-state index in [1.54, 1.807) is 16.8 Å². The number of amides is 1. The van der Waals surface area contributed by atoms with Crippen LogP contribution in [0.5, 0.6) is 0 Å². The zero-order valence-corrected chi connectivity index (χ0v) is 11.3. The monoisotopic (exact) mass is 263 g/mol. The lowest BCUT2D eigenvalue weighted by molar-refractivity contribution is -0.117.